The molecule has 2 N–H and O–H groups in total. The van der Waals surface area contributed by atoms with Crippen molar-refractivity contribution >= 4 is 80.0 Å². The molecule has 0 radical (unpaired) electrons. The maximum Gasteiger partial charge on any atom is 0.316 e. The second-order valence-corrected chi connectivity index (χ2v) is 17.4. The number of rotatable bonds is 10. The molecular weight excluding hydrogens is 863 g/mol. The smallest absolute Gasteiger partial charge is 0.316 e. The molecule has 0 fully saturated rings. The quantitative estimate of drug-likeness (QED) is 0.0761. The summed E-state index contributed by atoms with van der Waals surface area (Å²) in [5, 5.41) is 40.1. The SMILES string of the molecule is CCOC(=O)CSc1nncn1-c1ccc(C)c2ccc(C)cc12.Cc1ccc2c(C)ccc(-n3cn[nH]c3=S)c2c1.Cc1ccc2c(C)ccc(-n3cnnc3SCC(=O)O)c2c1. The summed E-state index contributed by atoms with van der Waals surface area (Å²) in [5.74, 6) is -0.942. The monoisotopic (exact) mass is 909 g/mol. The Morgan fingerprint density at radius 2 is 1.02 bits per heavy atom. The number of thioether (sulfide) groups is 2. The van der Waals surface area contributed by atoms with Crippen LogP contribution in [0, 0.1) is 46.3 Å². The summed E-state index contributed by atoms with van der Waals surface area (Å²) < 4.78 is 11.2. The van der Waals surface area contributed by atoms with Crippen molar-refractivity contribution in [1.82, 2.24) is 44.3 Å². The van der Waals surface area contributed by atoms with Crippen molar-refractivity contribution in [1.29, 1.82) is 0 Å². The maximum atomic E-state index is 11.6. The number of nitrogens with one attached hydrogen (secondary N) is 1. The van der Waals surface area contributed by atoms with Gasteiger partial charge in [0.05, 0.1) is 35.2 Å². The van der Waals surface area contributed by atoms with Crippen LogP contribution < -0.4 is 0 Å². The summed E-state index contributed by atoms with van der Waals surface area (Å²) in [7, 11) is 0. The zero-order chi connectivity index (χ0) is 45.5. The Morgan fingerprint density at radius 1 is 0.594 bits per heavy atom. The normalized spacial score (nSPS) is 11.0. The zero-order valence-electron chi connectivity index (χ0n) is 36.5. The van der Waals surface area contributed by atoms with Crippen LogP contribution in [-0.4, -0.2) is 79.5 Å². The predicted octanol–water partition coefficient (Wildman–Crippen LogP) is 10.6. The number of esters is 1. The van der Waals surface area contributed by atoms with Gasteiger partial charge in [0.25, 0.3) is 0 Å². The number of H-pyrrole nitrogens is 1. The van der Waals surface area contributed by atoms with Crippen LogP contribution in [0.3, 0.4) is 0 Å². The van der Waals surface area contributed by atoms with Gasteiger partial charge in [-0.3, -0.25) is 28.4 Å². The van der Waals surface area contributed by atoms with E-state index in [0.29, 0.717) is 21.7 Å². The highest BCUT2D eigenvalue weighted by molar-refractivity contribution is 8.00. The minimum atomic E-state index is -0.871. The molecule has 9 rings (SSSR count). The molecule has 0 unspecified atom stereocenters. The molecule has 3 heterocycles. The number of ether oxygens (including phenoxy) is 1. The van der Waals surface area contributed by atoms with Crippen molar-refractivity contribution in [3.8, 4) is 17.1 Å². The number of carbonyl (C=O) groups excluding carboxylic acids is 1. The van der Waals surface area contributed by atoms with Crippen molar-refractivity contribution in [3.63, 3.8) is 0 Å². The fourth-order valence-corrected chi connectivity index (χ4v) is 8.83. The molecule has 0 aliphatic rings. The van der Waals surface area contributed by atoms with E-state index in [1.54, 1.807) is 25.9 Å². The first-order valence-corrected chi connectivity index (χ1v) is 22.8. The van der Waals surface area contributed by atoms with Crippen molar-refractivity contribution < 1.29 is 19.4 Å². The number of hydrogen-bond acceptors (Lipinski definition) is 11. The van der Waals surface area contributed by atoms with Gasteiger partial charge in [0, 0.05) is 16.2 Å². The molecule has 64 heavy (non-hydrogen) atoms. The van der Waals surface area contributed by atoms with Crippen molar-refractivity contribution in [2.24, 2.45) is 0 Å². The summed E-state index contributed by atoms with van der Waals surface area (Å²) in [6.07, 6.45) is 5.02. The Labute approximate surface area is 383 Å². The highest BCUT2D eigenvalue weighted by Gasteiger charge is 2.15. The second kappa shape index (κ2) is 20.3. The number of carboxylic acids is 1. The number of hydrogen-bond donors (Lipinski definition) is 2. The van der Waals surface area contributed by atoms with E-state index in [2.05, 4.69) is 157 Å². The first kappa shape index (κ1) is 45.4. The third-order valence-electron chi connectivity index (χ3n) is 10.4. The molecule has 0 bridgehead atoms. The van der Waals surface area contributed by atoms with E-state index < -0.39 is 5.97 Å². The Bertz CT molecular complexity index is 3210. The lowest BCUT2D eigenvalue weighted by atomic mass is 10.0. The minimum Gasteiger partial charge on any atom is -0.481 e. The van der Waals surface area contributed by atoms with Gasteiger partial charge in [0.2, 0.25) is 0 Å². The van der Waals surface area contributed by atoms with E-state index >= 15 is 0 Å². The van der Waals surface area contributed by atoms with E-state index in [9.17, 15) is 9.59 Å². The number of carbonyl (C=O) groups is 2. The van der Waals surface area contributed by atoms with Crippen LogP contribution in [0.2, 0.25) is 0 Å². The standard InChI is InChI=1S/C18H19N3O2S.C16H15N3O2S.C14H13N3S/c1-4-23-17(22)10-24-18-20-19-11-21(18)16-8-6-13(3)14-7-5-12(2)9-15(14)16;1-10-3-5-12-11(2)4-6-14(13(12)7-10)19-9-17-18-16(19)22-8-15(20)21;1-9-3-5-11-10(2)4-6-13(12(11)7-9)17-8-15-16-14(17)18/h5-9,11H,4,10H2,1-3H3;3-7,9H,8H2,1-2H3,(H,20,21);3-8H,1-2H3,(H,16,18). The fraction of sp³-hybridized carbons (Fsp3) is 0.208. The van der Waals surface area contributed by atoms with E-state index in [1.807, 2.05) is 19.8 Å². The second-order valence-electron chi connectivity index (χ2n) is 15.1. The van der Waals surface area contributed by atoms with E-state index in [-0.39, 0.29) is 17.5 Å². The summed E-state index contributed by atoms with van der Waals surface area (Å²) in [4.78, 5) is 22.4. The average Bonchev–Trinajstić information content (AvgIpc) is 4.05. The van der Waals surface area contributed by atoms with Gasteiger partial charge in [-0.15, -0.1) is 20.4 Å². The molecule has 0 amide bonds. The molecule has 6 aromatic carbocycles. The third kappa shape index (κ3) is 10.3. The van der Waals surface area contributed by atoms with Gasteiger partial charge in [-0.1, -0.05) is 94.8 Å². The molecule has 13 nitrogen and oxygen atoms in total. The summed E-state index contributed by atoms with van der Waals surface area (Å²) in [5.41, 5.74) is 10.3. The Morgan fingerprint density at radius 3 is 1.41 bits per heavy atom. The third-order valence-corrected chi connectivity index (χ3v) is 12.5. The first-order chi connectivity index (χ1) is 30.8. The number of benzene rings is 6. The van der Waals surface area contributed by atoms with Crippen LogP contribution in [0.25, 0.3) is 49.4 Å². The summed E-state index contributed by atoms with van der Waals surface area (Å²) in [6, 6.07) is 31.6. The molecule has 0 spiro atoms. The number of carboxylic acid groups (broad SMARTS) is 1. The zero-order valence-corrected chi connectivity index (χ0v) is 38.9. The predicted molar refractivity (Wildman–Crippen MR) is 258 cm³/mol. The number of aromatic nitrogens is 9. The van der Waals surface area contributed by atoms with Crippen LogP contribution in [0.5, 0.6) is 0 Å². The molecule has 0 aliphatic carbocycles. The van der Waals surface area contributed by atoms with Gasteiger partial charge in [-0.05, 0) is 130 Å². The maximum absolute atomic E-state index is 11.6. The van der Waals surface area contributed by atoms with Crippen LogP contribution in [0.4, 0.5) is 0 Å². The highest BCUT2D eigenvalue weighted by atomic mass is 32.2. The molecule has 0 aliphatic heterocycles. The Hall–Kier alpha value is -6.62. The molecule has 3 aromatic heterocycles. The van der Waals surface area contributed by atoms with Crippen LogP contribution in [0.15, 0.2) is 120 Å². The lowest BCUT2D eigenvalue weighted by molar-refractivity contribution is -0.140. The van der Waals surface area contributed by atoms with E-state index in [0.717, 1.165) is 39.6 Å². The molecule has 16 heteroatoms. The van der Waals surface area contributed by atoms with Gasteiger partial charge in [-0.2, -0.15) is 5.10 Å². The molecule has 0 atom stereocenters. The topological polar surface area (TPSA) is 159 Å². The number of aliphatic carboxylic acids is 1. The number of aryl methyl sites for hydroxylation is 6. The highest BCUT2D eigenvalue weighted by Crippen LogP contribution is 2.31. The van der Waals surface area contributed by atoms with Gasteiger partial charge in [-0.25, -0.2) is 0 Å². The van der Waals surface area contributed by atoms with E-state index in [4.69, 9.17) is 22.1 Å². The van der Waals surface area contributed by atoms with Gasteiger partial charge in [0.1, 0.15) is 19.0 Å². The first-order valence-electron chi connectivity index (χ1n) is 20.4. The van der Waals surface area contributed by atoms with E-state index in [1.165, 1.54) is 66.7 Å². The molecule has 0 saturated heterocycles. The minimum absolute atomic E-state index is 0.0402. The van der Waals surface area contributed by atoms with Crippen LogP contribution in [0.1, 0.15) is 40.3 Å². The largest absolute Gasteiger partial charge is 0.481 e. The summed E-state index contributed by atoms with van der Waals surface area (Å²) in [6.45, 7) is 14.7. The average molecular weight is 910 g/mol. The molecule has 9 aromatic rings. The number of aromatic amines is 1. The lowest BCUT2D eigenvalue weighted by Crippen LogP contribution is -2.07. The summed E-state index contributed by atoms with van der Waals surface area (Å²) >= 11 is 7.73. The Balaban J connectivity index is 0.000000145. The van der Waals surface area contributed by atoms with Gasteiger partial charge in [0.15, 0.2) is 15.1 Å². The lowest BCUT2D eigenvalue weighted by Gasteiger charge is -2.12. The molecular formula is C48H47N9O4S3. The van der Waals surface area contributed by atoms with Crippen LogP contribution in [-0.2, 0) is 14.3 Å². The number of fused-ring (bicyclic) bond motifs is 3. The van der Waals surface area contributed by atoms with Gasteiger partial charge >= 0.3 is 11.9 Å². The fourth-order valence-electron chi connectivity index (χ4n) is 7.27. The molecule has 0 saturated carbocycles. The molecule has 326 valence electrons. The number of nitrogens with zero attached hydrogens (tertiary/aromatic N) is 8. The Kier molecular flexibility index (Phi) is 14.4. The van der Waals surface area contributed by atoms with Crippen molar-refractivity contribution in [2.45, 2.75) is 58.8 Å². The van der Waals surface area contributed by atoms with Crippen molar-refractivity contribution in [2.75, 3.05) is 18.1 Å². The van der Waals surface area contributed by atoms with Crippen LogP contribution >= 0.6 is 35.7 Å². The van der Waals surface area contributed by atoms with Gasteiger partial charge < -0.3 is 9.84 Å². The van der Waals surface area contributed by atoms with Crippen molar-refractivity contribution in [3.05, 3.63) is 148 Å².